The van der Waals surface area contributed by atoms with Gasteiger partial charge in [0.15, 0.2) is 0 Å². The molecule has 0 bridgehead atoms. The highest BCUT2D eigenvalue weighted by atomic mass is 16.5. The average Bonchev–Trinajstić information content (AvgIpc) is 3.05. The first-order valence-electron chi connectivity index (χ1n) is 9.47. The van der Waals surface area contributed by atoms with Gasteiger partial charge in [-0.2, -0.15) is 9.50 Å². The van der Waals surface area contributed by atoms with E-state index in [2.05, 4.69) is 21.1 Å². The summed E-state index contributed by atoms with van der Waals surface area (Å²) in [6, 6.07) is 6.14. The number of hydrogen-bond donors (Lipinski definition) is 1. The van der Waals surface area contributed by atoms with E-state index >= 15 is 0 Å². The number of ether oxygens (including phenoxy) is 1. The van der Waals surface area contributed by atoms with Crippen LogP contribution >= 0.6 is 0 Å². The lowest BCUT2D eigenvalue weighted by molar-refractivity contribution is -0.131. The summed E-state index contributed by atoms with van der Waals surface area (Å²) in [5, 5.41) is 4.17. The monoisotopic (exact) mass is 380 g/mol. The Bertz CT molecular complexity index is 1060. The van der Waals surface area contributed by atoms with Crippen molar-refractivity contribution in [2.75, 3.05) is 18.9 Å². The number of nitrogen functional groups attached to an aromatic ring is 1. The van der Waals surface area contributed by atoms with Crippen molar-refractivity contribution in [3.05, 3.63) is 46.3 Å². The van der Waals surface area contributed by atoms with Crippen molar-refractivity contribution in [3.63, 3.8) is 0 Å². The number of carbonyl (C=O) groups is 1. The number of rotatable bonds is 4. The molecule has 1 aromatic carbocycles. The Kier molecular flexibility index (Phi) is 4.62. The van der Waals surface area contributed by atoms with E-state index in [1.165, 1.54) is 5.56 Å². The van der Waals surface area contributed by atoms with Crippen LogP contribution in [-0.2, 0) is 24.2 Å². The van der Waals surface area contributed by atoms with Crippen LogP contribution in [0.1, 0.15) is 35.0 Å². The van der Waals surface area contributed by atoms with Gasteiger partial charge in [0.05, 0.1) is 13.0 Å². The van der Waals surface area contributed by atoms with Crippen molar-refractivity contribution in [2.24, 2.45) is 0 Å². The van der Waals surface area contributed by atoms with Crippen LogP contribution in [0.25, 0.3) is 5.78 Å². The first kappa shape index (κ1) is 18.2. The van der Waals surface area contributed by atoms with Gasteiger partial charge in [-0.15, -0.1) is 5.10 Å². The zero-order chi connectivity index (χ0) is 19.8. The van der Waals surface area contributed by atoms with E-state index in [9.17, 15) is 4.79 Å². The van der Waals surface area contributed by atoms with Gasteiger partial charge in [-0.1, -0.05) is 6.07 Å². The molecule has 0 aliphatic carbocycles. The predicted octanol–water partition coefficient (Wildman–Crippen LogP) is 1.85. The molecule has 1 amide bonds. The molecule has 28 heavy (non-hydrogen) atoms. The molecule has 1 aliphatic rings. The molecule has 0 fully saturated rings. The largest absolute Gasteiger partial charge is 0.494 e. The van der Waals surface area contributed by atoms with Crippen LogP contribution in [0, 0.1) is 13.8 Å². The normalized spacial score (nSPS) is 13.6. The van der Waals surface area contributed by atoms with Crippen molar-refractivity contribution in [3.8, 4) is 5.75 Å². The van der Waals surface area contributed by atoms with Gasteiger partial charge in [-0.05, 0) is 50.5 Å². The summed E-state index contributed by atoms with van der Waals surface area (Å²) in [4.78, 5) is 23.5. The lowest BCUT2D eigenvalue weighted by atomic mass is 9.98. The van der Waals surface area contributed by atoms with Gasteiger partial charge in [0, 0.05) is 30.0 Å². The fourth-order valence-electron chi connectivity index (χ4n) is 3.75. The zero-order valence-electron chi connectivity index (χ0n) is 16.4. The minimum Gasteiger partial charge on any atom is -0.494 e. The Hall–Kier alpha value is -3.16. The molecule has 2 aromatic heterocycles. The summed E-state index contributed by atoms with van der Waals surface area (Å²) in [5.74, 6) is 1.56. The minimum absolute atomic E-state index is 0.0768. The quantitative estimate of drug-likeness (QED) is 0.742. The third-order valence-corrected chi connectivity index (χ3v) is 5.25. The van der Waals surface area contributed by atoms with Gasteiger partial charge in [0.25, 0.3) is 5.78 Å². The third-order valence-electron chi connectivity index (χ3n) is 5.25. The van der Waals surface area contributed by atoms with Crippen molar-refractivity contribution in [2.45, 2.75) is 40.2 Å². The van der Waals surface area contributed by atoms with E-state index in [0.717, 1.165) is 34.7 Å². The van der Waals surface area contributed by atoms with Crippen LogP contribution < -0.4 is 10.5 Å². The number of carbonyl (C=O) groups excluding carboxylic acids is 1. The molecule has 0 saturated carbocycles. The second-order valence-corrected chi connectivity index (χ2v) is 7.05. The van der Waals surface area contributed by atoms with Crippen LogP contribution in [0.5, 0.6) is 5.75 Å². The summed E-state index contributed by atoms with van der Waals surface area (Å²) in [7, 11) is 0. The standard InChI is InChI=1S/C20H24N6O2/c1-4-28-16-6-5-14-7-8-25(11-15(14)9-16)18(27)10-17-12(2)22-20-23-19(21)24-26(20)13(17)3/h5-6,9H,4,7-8,10-11H2,1-3H3,(H2,21,24). The van der Waals surface area contributed by atoms with Crippen molar-refractivity contribution in [1.29, 1.82) is 0 Å². The zero-order valence-corrected chi connectivity index (χ0v) is 16.4. The van der Waals surface area contributed by atoms with Gasteiger partial charge in [-0.25, -0.2) is 4.98 Å². The minimum atomic E-state index is 0.0768. The molecule has 3 heterocycles. The predicted molar refractivity (Wildman–Crippen MR) is 105 cm³/mol. The lowest BCUT2D eigenvalue weighted by Gasteiger charge is -2.29. The Balaban J connectivity index is 1.56. The number of nitrogens with zero attached hydrogens (tertiary/aromatic N) is 5. The van der Waals surface area contributed by atoms with Crippen LogP contribution in [0.2, 0.25) is 0 Å². The molecule has 1 aliphatic heterocycles. The van der Waals surface area contributed by atoms with E-state index < -0.39 is 0 Å². The van der Waals surface area contributed by atoms with Crippen molar-refractivity contribution < 1.29 is 9.53 Å². The maximum Gasteiger partial charge on any atom is 0.254 e. The van der Waals surface area contributed by atoms with Gasteiger partial charge < -0.3 is 15.4 Å². The van der Waals surface area contributed by atoms with E-state index in [-0.39, 0.29) is 18.3 Å². The maximum atomic E-state index is 13.0. The first-order valence-corrected chi connectivity index (χ1v) is 9.47. The van der Waals surface area contributed by atoms with Crippen LogP contribution in [-0.4, -0.2) is 43.5 Å². The van der Waals surface area contributed by atoms with Crippen molar-refractivity contribution in [1.82, 2.24) is 24.5 Å². The number of anilines is 1. The van der Waals surface area contributed by atoms with E-state index in [1.54, 1.807) is 4.52 Å². The molecule has 0 saturated heterocycles. The van der Waals surface area contributed by atoms with Crippen LogP contribution in [0.15, 0.2) is 18.2 Å². The molecular weight excluding hydrogens is 356 g/mol. The number of benzene rings is 1. The summed E-state index contributed by atoms with van der Waals surface area (Å²) < 4.78 is 7.20. The van der Waals surface area contributed by atoms with Gasteiger partial charge >= 0.3 is 0 Å². The Labute approximate surface area is 163 Å². The fourth-order valence-corrected chi connectivity index (χ4v) is 3.75. The number of amides is 1. The molecular formula is C20H24N6O2. The molecule has 0 spiro atoms. The highest BCUT2D eigenvalue weighted by molar-refractivity contribution is 5.79. The smallest absolute Gasteiger partial charge is 0.254 e. The molecule has 3 aromatic rings. The van der Waals surface area contributed by atoms with E-state index in [0.29, 0.717) is 25.5 Å². The molecule has 0 unspecified atom stereocenters. The number of fused-ring (bicyclic) bond motifs is 2. The average molecular weight is 380 g/mol. The highest BCUT2D eigenvalue weighted by Crippen LogP contribution is 2.25. The summed E-state index contributed by atoms with van der Waals surface area (Å²) in [6.45, 7) is 7.71. The van der Waals surface area contributed by atoms with Crippen LogP contribution in [0.4, 0.5) is 5.95 Å². The fraction of sp³-hybridized carbons (Fsp3) is 0.400. The van der Waals surface area contributed by atoms with Gasteiger partial charge in [0.2, 0.25) is 11.9 Å². The molecule has 8 nitrogen and oxygen atoms in total. The van der Waals surface area contributed by atoms with E-state index in [1.807, 2.05) is 37.8 Å². The maximum absolute atomic E-state index is 13.0. The first-order chi connectivity index (χ1) is 13.5. The second-order valence-electron chi connectivity index (χ2n) is 7.05. The summed E-state index contributed by atoms with van der Waals surface area (Å²) in [6.07, 6.45) is 1.13. The summed E-state index contributed by atoms with van der Waals surface area (Å²) in [5.41, 5.74) is 10.6. The number of aromatic nitrogens is 4. The molecule has 0 atom stereocenters. The van der Waals surface area contributed by atoms with Crippen molar-refractivity contribution >= 4 is 17.6 Å². The lowest BCUT2D eigenvalue weighted by Crippen LogP contribution is -2.37. The third kappa shape index (κ3) is 3.26. The molecule has 146 valence electrons. The molecule has 2 N–H and O–H groups in total. The topological polar surface area (TPSA) is 98.6 Å². The van der Waals surface area contributed by atoms with Gasteiger partial charge in [-0.3, -0.25) is 4.79 Å². The Morgan fingerprint density at radius 1 is 1.25 bits per heavy atom. The number of aryl methyl sites for hydroxylation is 2. The van der Waals surface area contributed by atoms with E-state index in [4.69, 9.17) is 10.5 Å². The molecule has 8 heteroatoms. The SMILES string of the molecule is CCOc1ccc2c(c1)CN(C(=O)Cc1c(C)nc3nc(N)nn3c1C)CC2. The Morgan fingerprint density at radius 2 is 2.07 bits per heavy atom. The Morgan fingerprint density at radius 3 is 2.86 bits per heavy atom. The summed E-state index contributed by atoms with van der Waals surface area (Å²) >= 11 is 0. The number of nitrogens with two attached hydrogens (primary N) is 1. The van der Waals surface area contributed by atoms with Gasteiger partial charge in [0.1, 0.15) is 5.75 Å². The molecule has 0 radical (unpaired) electrons. The number of hydrogen-bond acceptors (Lipinski definition) is 6. The second kappa shape index (κ2) is 7.10. The highest BCUT2D eigenvalue weighted by Gasteiger charge is 2.23. The molecule has 4 rings (SSSR count). The van der Waals surface area contributed by atoms with Crippen LogP contribution in [0.3, 0.4) is 0 Å².